The topological polar surface area (TPSA) is 21.7 Å². The van der Waals surface area contributed by atoms with E-state index in [1.807, 2.05) is 0 Å². The van der Waals surface area contributed by atoms with Crippen LogP contribution in [0.1, 0.15) is 39.0 Å². The number of unbranched alkanes of at least 4 members (excludes halogenated alkanes) is 1. The first-order valence-electron chi connectivity index (χ1n) is 5.85. The van der Waals surface area contributed by atoms with E-state index in [0.717, 1.165) is 6.73 Å². The second kappa shape index (κ2) is 5.10. The van der Waals surface area contributed by atoms with Gasteiger partial charge in [0.2, 0.25) is 0 Å². The first-order valence-corrected chi connectivity index (χ1v) is 5.85. The third kappa shape index (κ3) is 2.27. The molecule has 1 saturated carbocycles. The van der Waals surface area contributed by atoms with E-state index >= 15 is 0 Å². The Morgan fingerprint density at radius 1 is 1.36 bits per heavy atom. The van der Waals surface area contributed by atoms with Crippen molar-refractivity contribution in [1.29, 1.82) is 0 Å². The Morgan fingerprint density at radius 3 is 3.14 bits per heavy atom. The molecule has 3 nitrogen and oxygen atoms in total. The molecule has 1 aliphatic heterocycles. The van der Waals surface area contributed by atoms with Gasteiger partial charge in [-0.25, -0.2) is 0 Å². The number of fused-ring (bicyclic) bond motifs is 1. The fraction of sp³-hybridized carbons (Fsp3) is 1.00. The van der Waals surface area contributed by atoms with Crippen LogP contribution in [0.15, 0.2) is 0 Å². The van der Waals surface area contributed by atoms with Crippen LogP contribution in [-0.2, 0) is 9.47 Å². The minimum absolute atomic E-state index is 0.439. The van der Waals surface area contributed by atoms with Crippen molar-refractivity contribution in [3.63, 3.8) is 0 Å². The van der Waals surface area contributed by atoms with Gasteiger partial charge >= 0.3 is 0 Å². The molecule has 0 amide bonds. The molecule has 2 rings (SSSR count). The van der Waals surface area contributed by atoms with Crippen molar-refractivity contribution >= 4 is 0 Å². The van der Waals surface area contributed by atoms with Gasteiger partial charge < -0.3 is 9.47 Å². The molecule has 1 heterocycles. The minimum Gasteiger partial charge on any atom is -0.350 e. The molecule has 0 unspecified atom stereocenters. The lowest BCUT2D eigenvalue weighted by Gasteiger charge is -2.28. The predicted octanol–water partition coefficient (Wildman–Crippen LogP) is 1.97. The standard InChI is InChI=1S/C11H21NO2/c1-2-3-7-12-8-13-9-14-11-6-4-5-10(11)12/h10-11H,2-9H2,1H3/t10-,11-/m1/s1. The highest BCUT2D eigenvalue weighted by atomic mass is 16.7. The van der Waals surface area contributed by atoms with Gasteiger partial charge in [-0.2, -0.15) is 0 Å². The zero-order valence-corrected chi connectivity index (χ0v) is 9.08. The third-order valence-electron chi connectivity index (χ3n) is 3.31. The van der Waals surface area contributed by atoms with E-state index in [-0.39, 0.29) is 0 Å². The molecule has 0 spiro atoms. The Hall–Kier alpha value is -0.120. The average molecular weight is 199 g/mol. The molecule has 2 fully saturated rings. The van der Waals surface area contributed by atoms with Crippen LogP contribution in [0.4, 0.5) is 0 Å². The van der Waals surface area contributed by atoms with Crippen LogP contribution in [0.3, 0.4) is 0 Å². The van der Waals surface area contributed by atoms with E-state index in [2.05, 4.69) is 11.8 Å². The molecule has 0 aromatic carbocycles. The largest absolute Gasteiger partial charge is 0.350 e. The lowest BCUT2D eigenvalue weighted by Crippen LogP contribution is -2.40. The Balaban J connectivity index is 1.91. The maximum atomic E-state index is 5.67. The van der Waals surface area contributed by atoms with Crippen molar-refractivity contribution in [1.82, 2.24) is 4.90 Å². The van der Waals surface area contributed by atoms with Crippen molar-refractivity contribution < 1.29 is 9.47 Å². The van der Waals surface area contributed by atoms with Crippen molar-refractivity contribution in [2.24, 2.45) is 0 Å². The normalized spacial score (nSPS) is 34.1. The molecule has 2 aliphatic rings. The van der Waals surface area contributed by atoms with Crippen LogP contribution in [0.5, 0.6) is 0 Å². The van der Waals surface area contributed by atoms with E-state index in [9.17, 15) is 0 Å². The van der Waals surface area contributed by atoms with Crippen LogP contribution in [-0.4, -0.2) is 37.1 Å². The van der Waals surface area contributed by atoms with E-state index < -0.39 is 0 Å². The highest BCUT2D eigenvalue weighted by Crippen LogP contribution is 2.28. The number of ether oxygens (including phenoxy) is 2. The Kier molecular flexibility index (Phi) is 3.79. The molecule has 82 valence electrons. The molecule has 1 saturated heterocycles. The molecule has 0 aromatic heterocycles. The lowest BCUT2D eigenvalue weighted by molar-refractivity contribution is -0.0717. The third-order valence-corrected chi connectivity index (χ3v) is 3.31. The summed E-state index contributed by atoms with van der Waals surface area (Å²) >= 11 is 0. The van der Waals surface area contributed by atoms with E-state index in [1.165, 1.54) is 38.6 Å². The summed E-state index contributed by atoms with van der Waals surface area (Å²) in [6.45, 7) is 4.66. The average Bonchev–Trinajstić information content (AvgIpc) is 2.58. The second-order valence-corrected chi connectivity index (χ2v) is 4.32. The van der Waals surface area contributed by atoms with Gasteiger partial charge in [-0.15, -0.1) is 0 Å². The van der Waals surface area contributed by atoms with Gasteiger partial charge in [0, 0.05) is 12.6 Å². The van der Waals surface area contributed by atoms with Crippen LogP contribution < -0.4 is 0 Å². The Morgan fingerprint density at radius 2 is 2.29 bits per heavy atom. The molecule has 0 N–H and O–H groups in total. The summed E-state index contributed by atoms with van der Waals surface area (Å²) in [5.74, 6) is 0. The monoisotopic (exact) mass is 199 g/mol. The summed E-state index contributed by atoms with van der Waals surface area (Å²) in [5.41, 5.74) is 0. The maximum Gasteiger partial charge on any atom is 0.148 e. The van der Waals surface area contributed by atoms with Gasteiger partial charge in [-0.05, 0) is 25.7 Å². The quantitative estimate of drug-likeness (QED) is 0.693. The predicted molar refractivity (Wildman–Crippen MR) is 54.9 cm³/mol. The smallest absolute Gasteiger partial charge is 0.148 e. The number of hydrogen-bond donors (Lipinski definition) is 0. The second-order valence-electron chi connectivity index (χ2n) is 4.32. The Labute approximate surface area is 86.4 Å². The molecule has 1 aliphatic carbocycles. The molecular formula is C11H21NO2. The highest BCUT2D eigenvalue weighted by molar-refractivity contribution is 4.86. The molecule has 0 bridgehead atoms. The molecular weight excluding hydrogens is 178 g/mol. The Bertz CT molecular complexity index is 175. The van der Waals surface area contributed by atoms with E-state index in [0.29, 0.717) is 18.9 Å². The number of hydrogen-bond acceptors (Lipinski definition) is 3. The maximum absolute atomic E-state index is 5.67. The van der Waals surface area contributed by atoms with Crippen LogP contribution >= 0.6 is 0 Å². The highest BCUT2D eigenvalue weighted by Gasteiger charge is 2.34. The lowest BCUT2D eigenvalue weighted by atomic mass is 10.1. The molecule has 3 heteroatoms. The first kappa shape index (κ1) is 10.4. The van der Waals surface area contributed by atoms with Crippen LogP contribution in [0.2, 0.25) is 0 Å². The summed E-state index contributed by atoms with van der Waals surface area (Å²) in [7, 11) is 0. The van der Waals surface area contributed by atoms with Gasteiger partial charge in [-0.3, -0.25) is 4.90 Å². The van der Waals surface area contributed by atoms with E-state index in [1.54, 1.807) is 0 Å². The van der Waals surface area contributed by atoms with Crippen molar-refractivity contribution in [2.75, 3.05) is 20.1 Å². The summed E-state index contributed by atoms with van der Waals surface area (Å²) in [6, 6.07) is 0.629. The van der Waals surface area contributed by atoms with Gasteiger partial charge in [0.1, 0.15) is 13.5 Å². The van der Waals surface area contributed by atoms with Crippen LogP contribution in [0, 0.1) is 0 Å². The summed E-state index contributed by atoms with van der Waals surface area (Å²) in [6.07, 6.45) is 6.79. The van der Waals surface area contributed by atoms with Gasteiger partial charge in [-0.1, -0.05) is 13.3 Å². The number of rotatable bonds is 3. The van der Waals surface area contributed by atoms with Gasteiger partial charge in [0.25, 0.3) is 0 Å². The fourth-order valence-electron chi connectivity index (χ4n) is 2.50. The fourth-order valence-corrected chi connectivity index (χ4v) is 2.50. The zero-order chi connectivity index (χ0) is 9.80. The van der Waals surface area contributed by atoms with Crippen molar-refractivity contribution in [2.45, 2.75) is 51.2 Å². The molecule has 0 radical (unpaired) electrons. The number of nitrogens with zero attached hydrogens (tertiary/aromatic N) is 1. The van der Waals surface area contributed by atoms with Crippen LogP contribution in [0.25, 0.3) is 0 Å². The zero-order valence-electron chi connectivity index (χ0n) is 9.08. The van der Waals surface area contributed by atoms with E-state index in [4.69, 9.17) is 9.47 Å². The summed E-state index contributed by atoms with van der Waals surface area (Å²) in [5, 5.41) is 0. The SMILES string of the molecule is CCCCN1COCO[C@@H]2CCC[C@H]21. The molecule has 0 aromatic rings. The summed E-state index contributed by atoms with van der Waals surface area (Å²) in [4.78, 5) is 2.47. The molecule has 14 heavy (non-hydrogen) atoms. The summed E-state index contributed by atoms with van der Waals surface area (Å²) < 4.78 is 11.1. The van der Waals surface area contributed by atoms with Gasteiger partial charge in [0.15, 0.2) is 0 Å². The van der Waals surface area contributed by atoms with Gasteiger partial charge in [0.05, 0.1) is 6.10 Å². The molecule has 2 atom stereocenters. The minimum atomic E-state index is 0.439. The van der Waals surface area contributed by atoms with Crippen molar-refractivity contribution in [3.05, 3.63) is 0 Å². The van der Waals surface area contributed by atoms with Crippen molar-refractivity contribution in [3.8, 4) is 0 Å². The first-order chi connectivity index (χ1) is 6.92.